The van der Waals surface area contributed by atoms with Gasteiger partial charge in [0.1, 0.15) is 5.25 Å². The van der Waals surface area contributed by atoms with Crippen LogP contribution in [0, 0.1) is 0 Å². The van der Waals surface area contributed by atoms with E-state index in [9.17, 15) is 8.42 Å². The van der Waals surface area contributed by atoms with Crippen LogP contribution in [0.3, 0.4) is 0 Å². The first-order chi connectivity index (χ1) is 6.86. The van der Waals surface area contributed by atoms with E-state index in [-0.39, 0.29) is 10.7 Å². The summed E-state index contributed by atoms with van der Waals surface area (Å²) in [7, 11) is -3.19. The Labute approximate surface area is 97.3 Å². The van der Waals surface area contributed by atoms with E-state index in [4.69, 9.17) is 4.42 Å². The van der Waals surface area contributed by atoms with Crippen LogP contribution in [0.2, 0.25) is 0 Å². The average molecular weight is 297 g/mol. The van der Waals surface area contributed by atoms with Gasteiger partial charge in [-0.1, -0.05) is 22.9 Å². The molecule has 1 aromatic rings. The molecule has 0 saturated heterocycles. The summed E-state index contributed by atoms with van der Waals surface area (Å²) in [4.78, 5) is -0.0227. The number of alkyl halides is 1. The Balaban J connectivity index is 2.94. The molecule has 0 spiro atoms. The van der Waals surface area contributed by atoms with Crippen LogP contribution in [-0.2, 0) is 9.84 Å². The molecule has 0 aromatic carbocycles. The van der Waals surface area contributed by atoms with Crippen molar-refractivity contribution in [3.05, 3.63) is 11.8 Å². The SMILES string of the molecule is CCC(Br)c1nnc(C(C)S(C)(=O)=O)o1. The Kier molecular flexibility index (Phi) is 3.88. The van der Waals surface area contributed by atoms with E-state index in [1.54, 1.807) is 0 Å². The summed E-state index contributed by atoms with van der Waals surface area (Å²) in [6, 6.07) is 0. The highest BCUT2D eigenvalue weighted by Crippen LogP contribution is 2.27. The second kappa shape index (κ2) is 4.61. The highest BCUT2D eigenvalue weighted by molar-refractivity contribution is 9.09. The van der Waals surface area contributed by atoms with Crippen LogP contribution in [0.5, 0.6) is 0 Å². The molecule has 0 amide bonds. The van der Waals surface area contributed by atoms with Gasteiger partial charge in [0.05, 0.1) is 4.83 Å². The molecule has 0 bridgehead atoms. The van der Waals surface area contributed by atoms with Crippen LogP contribution in [0.1, 0.15) is 42.1 Å². The smallest absolute Gasteiger partial charge is 0.234 e. The van der Waals surface area contributed by atoms with Gasteiger partial charge in [0, 0.05) is 6.26 Å². The first-order valence-corrected chi connectivity index (χ1v) is 7.39. The Morgan fingerprint density at radius 1 is 1.40 bits per heavy atom. The van der Waals surface area contributed by atoms with Crippen molar-refractivity contribution in [3.8, 4) is 0 Å². The van der Waals surface area contributed by atoms with E-state index < -0.39 is 15.1 Å². The number of hydrogen-bond acceptors (Lipinski definition) is 5. The normalized spacial score (nSPS) is 16.3. The summed E-state index contributed by atoms with van der Waals surface area (Å²) < 4.78 is 27.8. The Morgan fingerprint density at radius 2 is 1.93 bits per heavy atom. The van der Waals surface area contributed by atoms with Crippen molar-refractivity contribution < 1.29 is 12.8 Å². The van der Waals surface area contributed by atoms with Gasteiger partial charge in [-0.25, -0.2) is 8.42 Å². The molecule has 0 fully saturated rings. The van der Waals surface area contributed by atoms with Crippen LogP contribution < -0.4 is 0 Å². The van der Waals surface area contributed by atoms with Crippen molar-refractivity contribution in [2.45, 2.75) is 30.3 Å². The zero-order valence-electron chi connectivity index (χ0n) is 8.77. The zero-order chi connectivity index (χ0) is 11.6. The number of hydrogen-bond donors (Lipinski definition) is 0. The molecular formula is C8H13BrN2O3S. The summed E-state index contributed by atoms with van der Waals surface area (Å²) in [6.45, 7) is 3.49. The maximum absolute atomic E-state index is 11.2. The van der Waals surface area contributed by atoms with E-state index in [0.717, 1.165) is 12.7 Å². The predicted octanol–water partition coefficient (Wildman–Crippen LogP) is 2.02. The molecule has 1 rings (SSSR count). The molecule has 2 atom stereocenters. The van der Waals surface area contributed by atoms with Gasteiger partial charge in [0.15, 0.2) is 9.84 Å². The fourth-order valence-corrected chi connectivity index (χ4v) is 1.54. The maximum atomic E-state index is 11.2. The molecule has 7 heteroatoms. The molecule has 0 aliphatic heterocycles. The van der Waals surface area contributed by atoms with E-state index in [0.29, 0.717) is 5.89 Å². The fraction of sp³-hybridized carbons (Fsp3) is 0.750. The summed E-state index contributed by atoms with van der Waals surface area (Å²) in [6.07, 6.45) is 1.95. The molecule has 86 valence electrons. The predicted molar refractivity (Wildman–Crippen MR) is 59.5 cm³/mol. The summed E-state index contributed by atoms with van der Waals surface area (Å²) in [5.41, 5.74) is 0. The topological polar surface area (TPSA) is 73.1 Å². The fourth-order valence-electron chi connectivity index (χ4n) is 0.895. The summed E-state index contributed by atoms with van der Waals surface area (Å²) >= 11 is 3.35. The number of rotatable bonds is 4. The number of halogens is 1. The number of sulfone groups is 1. The minimum absolute atomic E-state index is 0.0227. The molecule has 1 heterocycles. The lowest BCUT2D eigenvalue weighted by Gasteiger charge is -2.03. The van der Waals surface area contributed by atoms with E-state index in [1.165, 1.54) is 6.92 Å². The molecule has 2 unspecified atom stereocenters. The van der Waals surface area contributed by atoms with Crippen LogP contribution >= 0.6 is 15.9 Å². The lowest BCUT2D eigenvalue weighted by atomic mass is 10.3. The highest BCUT2D eigenvalue weighted by atomic mass is 79.9. The third kappa shape index (κ3) is 3.01. The van der Waals surface area contributed by atoms with E-state index >= 15 is 0 Å². The molecule has 1 aromatic heterocycles. The number of nitrogens with zero attached hydrogens (tertiary/aromatic N) is 2. The van der Waals surface area contributed by atoms with Crippen LogP contribution in [0.25, 0.3) is 0 Å². The summed E-state index contributed by atoms with van der Waals surface area (Å²) in [5.74, 6) is 0.563. The van der Waals surface area contributed by atoms with Gasteiger partial charge < -0.3 is 4.42 Å². The molecule has 0 aliphatic rings. The van der Waals surface area contributed by atoms with Crippen LogP contribution in [-0.4, -0.2) is 24.9 Å². The third-order valence-electron chi connectivity index (χ3n) is 2.07. The lowest BCUT2D eigenvalue weighted by Crippen LogP contribution is -2.07. The van der Waals surface area contributed by atoms with Gasteiger partial charge >= 0.3 is 0 Å². The Hall–Kier alpha value is -0.430. The summed E-state index contributed by atoms with van der Waals surface area (Å²) in [5, 5.41) is 6.76. The van der Waals surface area contributed by atoms with Crippen molar-refractivity contribution >= 4 is 25.8 Å². The second-order valence-corrected chi connectivity index (χ2v) is 6.80. The maximum Gasteiger partial charge on any atom is 0.234 e. The first-order valence-electron chi connectivity index (χ1n) is 4.52. The molecular weight excluding hydrogens is 284 g/mol. The lowest BCUT2D eigenvalue weighted by molar-refractivity contribution is 0.442. The second-order valence-electron chi connectivity index (χ2n) is 3.33. The molecule has 0 aliphatic carbocycles. The largest absolute Gasteiger partial charge is 0.423 e. The molecule has 15 heavy (non-hydrogen) atoms. The average Bonchev–Trinajstić information content (AvgIpc) is 2.62. The van der Waals surface area contributed by atoms with Crippen molar-refractivity contribution in [3.63, 3.8) is 0 Å². The van der Waals surface area contributed by atoms with Crippen molar-refractivity contribution in [2.24, 2.45) is 0 Å². The van der Waals surface area contributed by atoms with Gasteiger partial charge in [-0.15, -0.1) is 10.2 Å². The number of aromatic nitrogens is 2. The van der Waals surface area contributed by atoms with Crippen molar-refractivity contribution in [2.75, 3.05) is 6.26 Å². The van der Waals surface area contributed by atoms with Crippen molar-refractivity contribution in [1.29, 1.82) is 0 Å². The zero-order valence-corrected chi connectivity index (χ0v) is 11.2. The van der Waals surface area contributed by atoms with Gasteiger partial charge in [-0.2, -0.15) is 0 Å². The molecule has 0 radical (unpaired) electrons. The van der Waals surface area contributed by atoms with Crippen LogP contribution in [0.4, 0.5) is 0 Å². The van der Waals surface area contributed by atoms with Crippen LogP contribution in [0.15, 0.2) is 4.42 Å². The monoisotopic (exact) mass is 296 g/mol. The molecule has 5 nitrogen and oxygen atoms in total. The van der Waals surface area contributed by atoms with Gasteiger partial charge in [-0.3, -0.25) is 0 Å². The minimum Gasteiger partial charge on any atom is -0.423 e. The quantitative estimate of drug-likeness (QED) is 0.795. The first kappa shape index (κ1) is 12.6. The van der Waals surface area contributed by atoms with E-state index in [2.05, 4.69) is 26.1 Å². The highest BCUT2D eigenvalue weighted by Gasteiger charge is 2.24. The van der Waals surface area contributed by atoms with Gasteiger partial charge in [-0.05, 0) is 13.3 Å². The Morgan fingerprint density at radius 3 is 2.40 bits per heavy atom. The third-order valence-corrected chi connectivity index (χ3v) is 4.60. The van der Waals surface area contributed by atoms with Gasteiger partial charge in [0.25, 0.3) is 0 Å². The van der Waals surface area contributed by atoms with Gasteiger partial charge in [0.2, 0.25) is 11.8 Å². The minimum atomic E-state index is -3.19. The van der Waals surface area contributed by atoms with Crippen molar-refractivity contribution in [1.82, 2.24) is 10.2 Å². The van der Waals surface area contributed by atoms with E-state index in [1.807, 2.05) is 6.92 Å². The molecule has 0 N–H and O–H groups in total. The Bertz CT molecular complexity index is 429. The molecule has 0 saturated carbocycles. The standard InChI is InChI=1S/C8H13BrN2O3S/c1-4-6(9)8-11-10-7(14-8)5(2)15(3,12)13/h5-6H,4H2,1-3H3.